The van der Waals surface area contributed by atoms with Crippen LogP contribution in [-0.4, -0.2) is 9.55 Å². The first-order valence-electron chi connectivity index (χ1n) is 5.62. The Labute approximate surface area is 117 Å². The molecule has 0 aliphatic rings. The molecule has 0 spiro atoms. The Balaban J connectivity index is 2.44. The summed E-state index contributed by atoms with van der Waals surface area (Å²) < 4.78 is 29.1. The van der Waals surface area contributed by atoms with Gasteiger partial charge in [0.1, 0.15) is 11.3 Å². The first-order chi connectivity index (χ1) is 9.09. The Morgan fingerprint density at radius 2 is 2.11 bits per heavy atom. The molecular formula is C13H9ClF2N2S. The number of fused-ring (bicyclic) bond motifs is 1. The Hall–Kier alpha value is -1.46. The summed E-state index contributed by atoms with van der Waals surface area (Å²) in [5, 5.41) is 3.30. The van der Waals surface area contributed by atoms with Crippen LogP contribution < -0.4 is 0 Å². The van der Waals surface area contributed by atoms with E-state index in [1.807, 2.05) is 16.8 Å². The molecule has 1 unspecified atom stereocenters. The number of hydrogen-bond donors (Lipinski definition) is 0. The van der Waals surface area contributed by atoms with Crippen molar-refractivity contribution in [2.75, 3.05) is 0 Å². The Kier molecular flexibility index (Phi) is 3.03. The third kappa shape index (κ3) is 1.93. The maximum absolute atomic E-state index is 14.1. The normalized spacial score (nSPS) is 13.1. The van der Waals surface area contributed by atoms with E-state index in [2.05, 4.69) is 4.98 Å². The summed E-state index contributed by atoms with van der Waals surface area (Å²) in [5.74, 6) is -1.29. The molecule has 2 aromatic heterocycles. The summed E-state index contributed by atoms with van der Waals surface area (Å²) >= 11 is 7.56. The fraction of sp³-hybridized carbons (Fsp3) is 0.154. The monoisotopic (exact) mass is 298 g/mol. The van der Waals surface area contributed by atoms with Crippen LogP contribution in [-0.2, 0) is 0 Å². The van der Waals surface area contributed by atoms with Gasteiger partial charge in [-0.3, -0.25) is 4.57 Å². The van der Waals surface area contributed by atoms with Gasteiger partial charge in [-0.2, -0.15) is 11.3 Å². The molecule has 0 fully saturated rings. The van der Waals surface area contributed by atoms with E-state index in [4.69, 9.17) is 11.6 Å². The summed E-state index contributed by atoms with van der Waals surface area (Å²) in [4.78, 5) is 4.30. The molecule has 0 bridgehead atoms. The number of rotatable bonds is 2. The highest BCUT2D eigenvalue weighted by Gasteiger charge is 2.21. The number of alkyl halides is 1. The van der Waals surface area contributed by atoms with Crippen LogP contribution >= 0.6 is 22.9 Å². The maximum atomic E-state index is 14.1. The number of hydrogen-bond acceptors (Lipinski definition) is 2. The van der Waals surface area contributed by atoms with Gasteiger partial charge >= 0.3 is 0 Å². The minimum Gasteiger partial charge on any atom is -0.291 e. The van der Waals surface area contributed by atoms with Crippen molar-refractivity contribution in [3.8, 4) is 5.69 Å². The van der Waals surface area contributed by atoms with Crippen LogP contribution in [0.3, 0.4) is 0 Å². The topological polar surface area (TPSA) is 17.8 Å². The van der Waals surface area contributed by atoms with Crippen LogP contribution in [0.15, 0.2) is 29.0 Å². The molecule has 0 amide bonds. The molecule has 1 aromatic carbocycles. The molecule has 0 saturated carbocycles. The zero-order chi connectivity index (χ0) is 13.6. The van der Waals surface area contributed by atoms with Gasteiger partial charge in [0.2, 0.25) is 0 Å². The lowest BCUT2D eigenvalue weighted by molar-refractivity contribution is 0.514. The van der Waals surface area contributed by atoms with Gasteiger partial charge in [-0.25, -0.2) is 13.8 Å². The Bertz CT molecular complexity index is 735. The van der Waals surface area contributed by atoms with Gasteiger partial charge in [-0.05, 0) is 30.5 Å². The number of imidazole rings is 1. The summed E-state index contributed by atoms with van der Waals surface area (Å²) in [5.41, 5.74) is 1.26. The highest BCUT2D eigenvalue weighted by molar-refractivity contribution is 7.08. The van der Waals surface area contributed by atoms with Crippen LogP contribution in [0.25, 0.3) is 16.7 Å². The summed E-state index contributed by atoms with van der Waals surface area (Å²) in [6.07, 6.45) is 0. The molecule has 3 aromatic rings. The minimum atomic E-state index is -0.903. The predicted octanol–water partition coefficient (Wildman–Crippen LogP) is 4.67. The molecule has 0 saturated heterocycles. The van der Waals surface area contributed by atoms with Gasteiger partial charge in [-0.15, -0.1) is 11.6 Å². The van der Waals surface area contributed by atoms with E-state index in [0.717, 1.165) is 11.8 Å². The van der Waals surface area contributed by atoms with Crippen LogP contribution in [0.4, 0.5) is 8.78 Å². The second-order valence-electron chi connectivity index (χ2n) is 4.13. The third-order valence-electron chi connectivity index (χ3n) is 2.86. The predicted molar refractivity (Wildman–Crippen MR) is 73.1 cm³/mol. The summed E-state index contributed by atoms with van der Waals surface area (Å²) in [6.45, 7) is 1.75. The molecule has 2 heterocycles. The SMILES string of the molecule is CC(Cl)c1nc2ccc(F)c(F)c2n1-c1ccsc1. The molecule has 1 atom stereocenters. The molecular weight excluding hydrogens is 290 g/mol. The van der Waals surface area contributed by atoms with E-state index in [9.17, 15) is 8.78 Å². The lowest BCUT2D eigenvalue weighted by Gasteiger charge is -2.08. The van der Waals surface area contributed by atoms with Gasteiger partial charge in [0.25, 0.3) is 0 Å². The van der Waals surface area contributed by atoms with Crippen molar-refractivity contribution in [3.05, 3.63) is 46.4 Å². The van der Waals surface area contributed by atoms with Crippen molar-refractivity contribution < 1.29 is 8.78 Å². The molecule has 0 aliphatic heterocycles. The van der Waals surface area contributed by atoms with Gasteiger partial charge < -0.3 is 0 Å². The second-order valence-corrected chi connectivity index (χ2v) is 5.57. The zero-order valence-corrected chi connectivity index (χ0v) is 11.5. The second kappa shape index (κ2) is 4.58. The molecule has 0 N–H and O–H groups in total. The number of thiophene rings is 1. The molecule has 98 valence electrons. The zero-order valence-electron chi connectivity index (χ0n) is 9.90. The molecule has 6 heteroatoms. The van der Waals surface area contributed by atoms with Gasteiger partial charge in [0.05, 0.1) is 16.6 Å². The van der Waals surface area contributed by atoms with Crippen molar-refractivity contribution in [1.82, 2.24) is 9.55 Å². The fourth-order valence-corrected chi connectivity index (χ4v) is 2.80. The lowest BCUT2D eigenvalue weighted by atomic mass is 10.3. The van der Waals surface area contributed by atoms with E-state index in [-0.39, 0.29) is 5.52 Å². The number of benzene rings is 1. The largest absolute Gasteiger partial charge is 0.291 e. The van der Waals surface area contributed by atoms with Gasteiger partial charge in [-0.1, -0.05) is 0 Å². The average molecular weight is 299 g/mol. The molecule has 0 radical (unpaired) electrons. The van der Waals surface area contributed by atoms with Crippen molar-refractivity contribution in [3.63, 3.8) is 0 Å². The van der Waals surface area contributed by atoms with E-state index in [1.165, 1.54) is 17.4 Å². The number of nitrogens with zero attached hydrogens (tertiary/aromatic N) is 2. The maximum Gasteiger partial charge on any atom is 0.185 e. The van der Waals surface area contributed by atoms with Gasteiger partial charge in [0.15, 0.2) is 11.6 Å². The lowest BCUT2D eigenvalue weighted by Crippen LogP contribution is -2.02. The molecule has 2 nitrogen and oxygen atoms in total. The fourth-order valence-electron chi connectivity index (χ4n) is 2.03. The highest BCUT2D eigenvalue weighted by atomic mass is 35.5. The van der Waals surface area contributed by atoms with E-state index in [0.29, 0.717) is 11.3 Å². The van der Waals surface area contributed by atoms with Crippen molar-refractivity contribution >= 4 is 34.0 Å². The average Bonchev–Trinajstić information content (AvgIpc) is 3.00. The number of aromatic nitrogens is 2. The van der Waals surface area contributed by atoms with E-state index >= 15 is 0 Å². The van der Waals surface area contributed by atoms with Crippen molar-refractivity contribution in [2.45, 2.75) is 12.3 Å². The standard InChI is InChI=1S/C13H9ClF2N2S/c1-7(14)13-17-10-3-2-9(15)11(16)12(10)18(13)8-4-5-19-6-8/h2-7H,1H3. The van der Waals surface area contributed by atoms with Crippen LogP contribution in [0.5, 0.6) is 0 Å². The Morgan fingerprint density at radius 3 is 2.74 bits per heavy atom. The van der Waals surface area contributed by atoms with Crippen molar-refractivity contribution in [2.24, 2.45) is 0 Å². The third-order valence-corrected chi connectivity index (χ3v) is 3.72. The smallest absolute Gasteiger partial charge is 0.185 e. The first-order valence-corrected chi connectivity index (χ1v) is 7.00. The molecule has 0 aliphatic carbocycles. The minimum absolute atomic E-state index is 0.126. The summed E-state index contributed by atoms with van der Waals surface area (Å²) in [7, 11) is 0. The van der Waals surface area contributed by atoms with E-state index in [1.54, 1.807) is 11.5 Å². The highest BCUT2D eigenvalue weighted by Crippen LogP contribution is 2.31. The molecule has 19 heavy (non-hydrogen) atoms. The molecule has 3 rings (SSSR count). The van der Waals surface area contributed by atoms with Crippen LogP contribution in [0, 0.1) is 11.6 Å². The van der Waals surface area contributed by atoms with Gasteiger partial charge in [0, 0.05) is 5.38 Å². The van der Waals surface area contributed by atoms with Crippen molar-refractivity contribution in [1.29, 1.82) is 0 Å². The van der Waals surface area contributed by atoms with E-state index < -0.39 is 17.0 Å². The quantitative estimate of drug-likeness (QED) is 0.629. The number of halogens is 3. The van der Waals surface area contributed by atoms with Crippen LogP contribution in [0.2, 0.25) is 0 Å². The summed E-state index contributed by atoms with van der Waals surface area (Å²) in [6, 6.07) is 4.35. The Morgan fingerprint density at radius 1 is 1.32 bits per heavy atom. The first kappa shape index (κ1) is 12.6. The van der Waals surface area contributed by atoms with Crippen LogP contribution in [0.1, 0.15) is 18.1 Å².